The lowest BCUT2D eigenvalue weighted by atomic mass is 10.1. The summed E-state index contributed by atoms with van der Waals surface area (Å²) in [4.78, 5) is 0. The van der Waals surface area contributed by atoms with Gasteiger partial charge in [-0.25, -0.2) is 0 Å². The van der Waals surface area contributed by atoms with Crippen LogP contribution in [0.1, 0.15) is 18.5 Å². The molecule has 0 fully saturated rings. The topological polar surface area (TPSA) is 35.2 Å². The van der Waals surface area contributed by atoms with Gasteiger partial charge in [-0.15, -0.1) is 0 Å². The fourth-order valence-corrected chi connectivity index (χ4v) is 1.15. The van der Waals surface area contributed by atoms with Gasteiger partial charge in [0, 0.05) is 11.6 Å². The molecule has 15 heavy (non-hydrogen) atoms. The molecule has 1 aromatic carbocycles. The SMILES string of the molecule is C[C@@H](N)c1ccccc1OCC(F)(F)F. The van der Waals surface area contributed by atoms with Crippen molar-refractivity contribution in [1.82, 2.24) is 0 Å². The Hall–Kier alpha value is -1.23. The summed E-state index contributed by atoms with van der Waals surface area (Å²) in [5.74, 6) is 0.185. The Morgan fingerprint density at radius 2 is 1.93 bits per heavy atom. The number of ether oxygens (including phenoxy) is 1. The molecular weight excluding hydrogens is 207 g/mol. The van der Waals surface area contributed by atoms with Gasteiger partial charge >= 0.3 is 6.18 Å². The predicted molar refractivity (Wildman–Crippen MR) is 50.6 cm³/mol. The van der Waals surface area contributed by atoms with Gasteiger partial charge in [0.1, 0.15) is 5.75 Å². The first-order chi connectivity index (χ1) is 6.90. The summed E-state index contributed by atoms with van der Waals surface area (Å²) < 4.78 is 40.4. The summed E-state index contributed by atoms with van der Waals surface area (Å²) in [6.07, 6.45) is -4.33. The van der Waals surface area contributed by atoms with Crippen LogP contribution in [0.2, 0.25) is 0 Å². The maximum Gasteiger partial charge on any atom is 0.422 e. The zero-order valence-electron chi connectivity index (χ0n) is 8.21. The molecule has 0 aliphatic heterocycles. The average Bonchev–Trinajstić information content (AvgIpc) is 2.14. The number of benzene rings is 1. The number of nitrogens with two attached hydrogens (primary N) is 1. The number of para-hydroxylation sites is 1. The molecule has 0 heterocycles. The number of hydrogen-bond donors (Lipinski definition) is 1. The van der Waals surface area contributed by atoms with Crippen LogP contribution in [0, 0.1) is 0 Å². The second-order valence-corrected chi connectivity index (χ2v) is 3.23. The predicted octanol–water partition coefficient (Wildman–Crippen LogP) is 2.65. The highest BCUT2D eigenvalue weighted by atomic mass is 19.4. The van der Waals surface area contributed by atoms with Gasteiger partial charge in [0.05, 0.1) is 0 Å². The Bertz CT molecular complexity index is 323. The standard InChI is InChI=1S/C10H12F3NO/c1-7(14)8-4-2-3-5-9(8)15-6-10(11,12)13/h2-5,7H,6,14H2,1H3/t7-/m1/s1. The fraction of sp³-hybridized carbons (Fsp3) is 0.400. The molecule has 5 heteroatoms. The first-order valence-electron chi connectivity index (χ1n) is 4.44. The van der Waals surface area contributed by atoms with E-state index in [2.05, 4.69) is 4.74 Å². The molecule has 0 amide bonds. The van der Waals surface area contributed by atoms with Crippen LogP contribution >= 0.6 is 0 Å². The second kappa shape index (κ2) is 4.53. The van der Waals surface area contributed by atoms with Gasteiger partial charge in [-0.2, -0.15) is 13.2 Å². The lowest BCUT2D eigenvalue weighted by Gasteiger charge is -2.14. The van der Waals surface area contributed by atoms with Crippen LogP contribution in [-0.2, 0) is 0 Å². The first-order valence-corrected chi connectivity index (χ1v) is 4.44. The molecule has 84 valence electrons. The third-order valence-electron chi connectivity index (χ3n) is 1.80. The molecule has 2 nitrogen and oxygen atoms in total. The smallest absolute Gasteiger partial charge is 0.422 e. The maximum absolute atomic E-state index is 11.9. The Morgan fingerprint density at radius 3 is 2.47 bits per heavy atom. The number of hydrogen-bond acceptors (Lipinski definition) is 2. The van der Waals surface area contributed by atoms with Crippen LogP contribution in [0.25, 0.3) is 0 Å². The molecule has 0 radical (unpaired) electrons. The van der Waals surface area contributed by atoms with Gasteiger partial charge in [-0.05, 0) is 13.0 Å². The summed E-state index contributed by atoms with van der Waals surface area (Å²) in [6, 6.07) is 6.09. The van der Waals surface area contributed by atoms with E-state index >= 15 is 0 Å². The Kier molecular flexibility index (Phi) is 3.57. The van der Waals surface area contributed by atoms with Gasteiger partial charge in [0.2, 0.25) is 0 Å². The van der Waals surface area contributed by atoms with Gasteiger partial charge < -0.3 is 10.5 Å². The summed E-state index contributed by atoms with van der Waals surface area (Å²) in [7, 11) is 0. The number of rotatable bonds is 3. The minimum Gasteiger partial charge on any atom is -0.484 e. The van der Waals surface area contributed by atoms with Crippen LogP contribution < -0.4 is 10.5 Å². The quantitative estimate of drug-likeness (QED) is 0.848. The Labute approximate surface area is 85.8 Å². The van der Waals surface area contributed by atoms with Crippen molar-refractivity contribution in [3.63, 3.8) is 0 Å². The lowest BCUT2D eigenvalue weighted by Crippen LogP contribution is -2.20. The zero-order valence-corrected chi connectivity index (χ0v) is 8.21. The van der Waals surface area contributed by atoms with Gasteiger partial charge in [-0.1, -0.05) is 18.2 Å². The summed E-state index contributed by atoms with van der Waals surface area (Å²) in [5.41, 5.74) is 6.16. The Morgan fingerprint density at radius 1 is 1.33 bits per heavy atom. The van der Waals surface area contributed by atoms with Crippen molar-refractivity contribution in [1.29, 1.82) is 0 Å². The third-order valence-corrected chi connectivity index (χ3v) is 1.80. The van der Waals surface area contributed by atoms with Crippen LogP contribution in [0.15, 0.2) is 24.3 Å². The van der Waals surface area contributed by atoms with Crippen molar-refractivity contribution in [3.8, 4) is 5.75 Å². The van der Waals surface area contributed by atoms with E-state index in [1.54, 1.807) is 25.1 Å². The summed E-state index contributed by atoms with van der Waals surface area (Å²) in [5, 5.41) is 0. The molecule has 2 N–H and O–H groups in total. The van der Waals surface area contributed by atoms with Crippen molar-refractivity contribution < 1.29 is 17.9 Å². The maximum atomic E-state index is 11.9. The minimum absolute atomic E-state index is 0.185. The van der Waals surface area contributed by atoms with E-state index in [9.17, 15) is 13.2 Å². The minimum atomic E-state index is -4.33. The third kappa shape index (κ3) is 3.79. The summed E-state index contributed by atoms with van der Waals surface area (Å²) in [6.45, 7) is 0.395. The number of halogens is 3. The molecular formula is C10H12F3NO. The molecule has 0 aliphatic rings. The number of alkyl halides is 3. The molecule has 1 rings (SSSR count). The van der Waals surface area contributed by atoms with E-state index in [-0.39, 0.29) is 11.8 Å². The first kappa shape index (κ1) is 11.8. The summed E-state index contributed by atoms with van der Waals surface area (Å²) >= 11 is 0. The van der Waals surface area contributed by atoms with Crippen LogP contribution in [0.4, 0.5) is 13.2 Å². The molecule has 1 aromatic rings. The van der Waals surface area contributed by atoms with Crippen molar-refractivity contribution in [2.45, 2.75) is 19.1 Å². The highest BCUT2D eigenvalue weighted by Gasteiger charge is 2.28. The largest absolute Gasteiger partial charge is 0.484 e. The van der Waals surface area contributed by atoms with Crippen molar-refractivity contribution in [2.24, 2.45) is 5.73 Å². The molecule has 0 bridgehead atoms. The molecule has 1 atom stereocenters. The van der Waals surface area contributed by atoms with Crippen molar-refractivity contribution in [3.05, 3.63) is 29.8 Å². The molecule has 0 unspecified atom stereocenters. The van der Waals surface area contributed by atoms with E-state index in [1.165, 1.54) is 6.07 Å². The molecule has 0 saturated heterocycles. The van der Waals surface area contributed by atoms with E-state index in [4.69, 9.17) is 5.73 Å². The van der Waals surface area contributed by atoms with Crippen LogP contribution in [-0.4, -0.2) is 12.8 Å². The van der Waals surface area contributed by atoms with Crippen LogP contribution in [0.3, 0.4) is 0 Å². The van der Waals surface area contributed by atoms with E-state index in [0.717, 1.165) is 0 Å². The molecule has 0 saturated carbocycles. The lowest BCUT2D eigenvalue weighted by molar-refractivity contribution is -0.153. The van der Waals surface area contributed by atoms with Crippen molar-refractivity contribution in [2.75, 3.05) is 6.61 Å². The van der Waals surface area contributed by atoms with E-state index in [1.807, 2.05) is 0 Å². The van der Waals surface area contributed by atoms with Gasteiger partial charge in [0.15, 0.2) is 6.61 Å². The fourth-order valence-electron chi connectivity index (χ4n) is 1.15. The molecule has 0 aromatic heterocycles. The Balaban J connectivity index is 2.76. The average molecular weight is 219 g/mol. The monoisotopic (exact) mass is 219 g/mol. The van der Waals surface area contributed by atoms with E-state index < -0.39 is 12.8 Å². The molecule has 0 aliphatic carbocycles. The normalized spacial score (nSPS) is 13.7. The van der Waals surface area contributed by atoms with Crippen molar-refractivity contribution >= 4 is 0 Å². The highest BCUT2D eigenvalue weighted by Crippen LogP contribution is 2.25. The molecule has 0 spiro atoms. The highest BCUT2D eigenvalue weighted by molar-refractivity contribution is 5.35. The van der Waals surface area contributed by atoms with Gasteiger partial charge in [0.25, 0.3) is 0 Å². The van der Waals surface area contributed by atoms with Crippen LogP contribution in [0.5, 0.6) is 5.75 Å². The zero-order chi connectivity index (χ0) is 11.5. The van der Waals surface area contributed by atoms with E-state index in [0.29, 0.717) is 5.56 Å². The van der Waals surface area contributed by atoms with Gasteiger partial charge in [-0.3, -0.25) is 0 Å². The second-order valence-electron chi connectivity index (χ2n) is 3.23.